The van der Waals surface area contributed by atoms with Crippen LogP contribution in [0.25, 0.3) is 0 Å². The molecule has 0 aromatic heterocycles. The van der Waals surface area contributed by atoms with Crippen LogP contribution in [0, 0.1) is 0 Å². The number of rotatable bonds is 4. The molecule has 0 saturated carbocycles. The van der Waals surface area contributed by atoms with Gasteiger partial charge < -0.3 is 16.4 Å². The summed E-state index contributed by atoms with van der Waals surface area (Å²) in [4.78, 5) is 11.4. The summed E-state index contributed by atoms with van der Waals surface area (Å²) in [6.45, 7) is 5.63. The maximum Gasteiger partial charge on any atom is 0.251 e. The Morgan fingerprint density at radius 2 is 2.25 bits per heavy atom. The molecule has 0 radical (unpaired) electrons. The van der Waals surface area contributed by atoms with Crippen LogP contribution in [-0.2, 0) is 0 Å². The van der Waals surface area contributed by atoms with E-state index in [9.17, 15) is 4.79 Å². The highest BCUT2D eigenvalue weighted by molar-refractivity contribution is 5.96. The fourth-order valence-corrected chi connectivity index (χ4v) is 1.27. The zero-order valence-electron chi connectivity index (χ0n) is 9.58. The number of hydrogen-bond acceptors (Lipinski definition) is 3. The molecular weight excluding hydrogens is 202 g/mol. The normalized spacial score (nSPS) is 11.6. The van der Waals surface area contributed by atoms with Crippen LogP contribution in [0.4, 0.5) is 11.4 Å². The van der Waals surface area contributed by atoms with Crippen LogP contribution in [0.5, 0.6) is 0 Å². The Balaban J connectivity index is 2.99. The second-order valence-corrected chi connectivity index (χ2v) is 3.55. The number of amides is 1. The third kappa shape index (κ3) is 2.76. The minimum atomic E-state index is -0.130. The standard InChI is InChI=1S/C12H17N3O/c1-4-8(2)15-11-7-9(12(16)14-3)5-6-10(11)13/h4-8,15H,1,13H2,2-3H3,(H,14,16). The van der Waals surface area contributed by atoms with E-state index >= 15 is 0 Å². The molecule has 0 saturated heterocycles. The fourth-order valence-electron chi connectivity index (χ4n) is 1.27. The molecule has 1 aromatic rings. The number of nitrogens with one attached hydrogen (secondary N) is 2. The average Bonchev–Trinajstić information content (AvgIpc) is 2.30. The zero-order chi connectivity index (χ0) is 12.1. The van der Waals surface area contributed by atoms with Crippen molar-refractivity contribution in [2.45, 2.75) is 13.0 Å². The van der Waals surface area contributed by atoms with Crippen molar-refractivity contribution < 1.29 is 4.79 Å². The number of nitrogens with two attached hydrogens (primary N) is 1. The van der Waals surface area contributed by atoms with Crippen molar-refractivity contribution in [3.8, 4) is 0 Å². The Bertz CT molecular complexity index is 401. The maximum absolute atomic E-state index is 11.4. The van der Waals surface area contributed by atoms with Crippen LogP contribution in [-0.4, -0.2) is 19.0 Å². The first-order chi connectivity index (χ1) is 7.58. The van der Waals surface area contributed by atoms with Crippen molar-refractivity contribution in [2.75, 3.05) is 18.1 Å². The SMILES string of the molecule is C=CC(C)Nc1cc(C(=O)NC)ccc1N. The molecule has 0 heterocycles. The van der Waals surface area contributed by atoms with Gasteiger partial charge in [-0.25, -0.2) is 0 Å². The quantitative estimate of drug-likeness (QED) is 0.532. The van der Waals surface area contributed by atoms with E-state index in [0.717, 1.165) is 5.69 Å². The first-order valence-electron chi connectivity index (χ1n) is 5.09. The molecule has 4 nitrogen and oxygen atoms in total. The molecule has 4 N–H and O–H groups in total. The van der Waals surface area contributed by atoms with Crippen molar-refractivity contribution in [1.82, 2.24) is 5.32 Å². The number of benzene rings is 1. The van der Waals surface area contributed by atoms with Gasteiger partial charge in [-0.05, 0) is 25.1 Å². The van der Waals surface area contributed by atoms with Gasteiger partial charge >= 0.3 is 0 Å². The molecule has 16 heavy (non-hydrogen) atoms. The molecule has 1 unspecified atom stereocenters. The van der Waals surface area contributed by atoms with Gasteiger partial charge in [-0.2, -0.15) is 0 Å². The van der Waals surface area contributed by atoms with Gasteiger partial charge in [0.15, 0.2) is 0 Å². The molecule has 1 aromatic carbocycles. The Kier molecular flexibility index (Phi) is 3.94. The van der Waals surface area contributed by atoms with Crippen LogP contribution in [0.2, 0.25) is 0 Å². The van der Waals surface area contributed by atoms with E-state index in [1.807, 2.05) is 6.92 Å². The number of nitrogen functional groups attached to an aromatic ring is 1. The number of anilines is 2. The van der Waals surface area contributed by atoms with Gasteiger partial charge in [0.05, 0.1) is 11.4 Å². The zero-order valence-corrected chi connectivity index (χ0v) is 9.58. The third-order valence-corrected chi connectivity index (χ3v) is 2.28. The molecule has 0 aliphatic heterocycles. The Hall–Kier alpha value is -1.97. The molecule has 86 valence electrons. The summed E-state index contributed by atoms with van der Waals surface area (Å²) in [5, 5.41) is 5.72. The lowest BCUT2D eigenvalue weighted by Crippen LogP contribution is -2.19. The fraction of sp³-hybridized carbons (Fsp3) is 0.250. The van der Waals surface area contributed by atoms with Crippen LogP contribution in [0.1, 0.15) is 17.3 Å². The lowest BCUT2D eigenvalue weighted by atomic mass is 10.1. The Morgan fingerprint density at radius 1 is 1.56 bits per heavy atom. The van der Waals surface area contributed by atoms with Gasteiger partial charge in [-0.1, -0.05) is 6.08 Å². The highest BCUT2D eigenvalue weighted by atomic mass is 16.1. The molecule has 0 spiro atoms. The van der Waals surface area contributed by atoms with Crippen molar-refractivity contribution in [1.29, 1.82) is 0 Å². The number of hydrogen-bond donors (Lipinski definition) is 3. The maximum atomic E-state index is 11.4. The smallest absolute Gasteiger partial charge is 0.251 e. The predicted octanol–water partition coefficient (Wildman–Crippen LogP) is 1.61. The van der Waals surface area contributed by atoms with Gasteiger partial charge in [0.2, 0.25) is 0 Å². The van der Waals surface area contributed by atoms with E-state index < -0.39 is 0 Å². The second kappa shape index (κ2) is 5.21. The Morgan fingerprint density at radius 3 is 2.81 bits per heavy atom. The first kappa shape index (κ1) is 12.1. The topological polar surface area (TPSA) is 67.2 Å². The third-order valence-electron chi connectivity index (χ3n) is 2.28. The summed E-state index contributed by atoms with van der Waals surface area (Å²) < 4.78 is 0. The molecule has 1 rings (SSSR count). The van der Waals surface area contributed by atoms with Crippen molar-refractivity contribution in [3.05, 3.63) is 36.4 Å². The van der Waals surface area contributed by atoms with Crippen LogP contribution in [0.3, 0.4) is 0 Å². The van der Waals surface area contributed by atoms with Gasteiger partial charge in [-0.3, -0.25) is 4.79 Å². The molecular formula is C12H17N3O. The summed E-state index contributed by atoms with van der Waals surface area (Å²) in [5.74, 6) is -0.130. The van der Waals surface area contributed by atoms with Gasteiger partial charge in [0.25, 0.3) is 5.91 Å². The summed E-state index contributed by atoms with van der Waals surface area (Å²) >= 11 is 0. The molecule has 0 aliphatic rings. The molecule has 0 fully saturated rings. The number of carbonyl (C=O) groups is 1. The minimum Gasteiger partial charge on any atom is -0.397 e. The van der Waals surface area contributed by atoms with E-state index in [1.165, 1.54) is 0 Å². The van der Waals surface area contributed by atoms with E-state index in [4.69, 9.17) is 5.73 Å². The van der Waals surface area contributed by atoms with Gasteiger partial charge in [0.1, 0.15) is 0 Å². The largest absolute Gasteiger partial charge is 0.397 e. The summed E-state index contributed by atoms with van der Waals surface area (Å²) in [6, 6.07) is 5.23. The average molecular weight is 219 g/mol. The highest BCUT2D eigenvalue weighted by Gasteiger charge is 2.07. The summed E-state index contributed by atoms with van der Waals surface area (Å²) in [7, 11) is 1.60. The molecule has 1 atom stereocenters. The second-order valence-electron chi connectivity index (χ2n) is 3.55. The van der Waals surface area contributed by atoms with Crippen molar-refractivity contribution >= 4 is 17.3 Å². The predicted molar refractivity (Wildman–Crippen MR) is 67.5 cm³/mol. The van der Waals surface area contributed by atoms with Gasteiger partial charge in [-0.15, -0.1) is 6.58 Å². The molecule has 1 amide bonds. The number of carbonyl (C=O) groups excluding carboxylic acids is 1. The molecule has 4 heteroatoms. The van der Waals surface area contributed by atoms with Crippen molar-refractivity contribution in [3.63, 3.8) is 0 Å². The van der Waals surface area contributed by atoms with Crippen molar-refractivity contribution in [2.24, 2.45) is 0 Å². The summed E-state index contributed by atoms with van der Waals surface area (Å²) in [6.07, 6.45) is 1.77. The summed E-state index contributed by atoms with van der Waals surface area (Å²) in [5.41, 5.74) is 7.74. The monoisotopic (exact) mass is 219 g/mol. The van der Waals surface area contributed by atoms with Crippen LogP contribution < -0.4 is 16.4 Å². The Labute approximate surface area is 95.5 Å². The molecule has 0 aliphatic carbocycles. The van der Waals surface area contributed by atoms with Crippen LogP contribution in [0.15, 0.2) is 30.9 Å². The first-order valence-corrected chi connectivity index (χ1v) is 5.09. The molecule has 0 bridgehead atoms. The van der Waals surface area contributed by atoms with E-state index in [2.05, 4.69) is 17.2 Å². The highest BCUT2D eigenvalue weighted by Crippen LogP contribution is 2.21. The van der Waals surface area contributed by atoms with Gasteiger partial charge in [0, 0.05) is 18.7 Å². The van der Waals surface area contributed by atoms with E-state index in [-0.39, 0.29) is 11.9 Å². The van der Waals surface area contributed by atoms with Crippen LogP contribution >= 0.6 is 0 Å². The minimum absolute atomic E-state index is 0.0993. The van der Waals surface area contributed by atoms with E-state index in [1.54, 1.807) is 31.3 Å². The van der Waals surface area contributed by atoms with E-state index in [0.29, 0.717) is 11.3 Å². The lowest BCUT2D eigenvalue weighted by molar-refractivity contribution is 0.0963. The lowest BCUT2D eigenvalue weighted by Gasteiger charge is -2.14.